The number of hydrogen-bond donors (Lipinski definition) is 2. The molecular weight excluding hydrogens is 260 g/mol. The Balaban J connectivity index is 0.000000360. The van der Waals surface area contributed by atoms with Crippen LogP contribution in [0.5, 0.6) is 0 Å². The maximum atomic E-state index is 12.6. The Kier molecular flexibility index (Phi) is 6.02. The molecule has 2 atom stereocenters. The van der Waals surface area contributed by atoms with E-state index in [0.717, 1.165) is 0 Å². The number of hydrogen-bond acceptors (Lipinski definition) is 3. The highest BCUT2D eigenvalue weighted by atomic mass is 19.4. The van der Waals surface area contributed by atoms with Gasteiger partial charge in [-0.15, -0.1) is 0 Å². The third-order valence-corrected chi connectivity index (χ3v) is 2.06. The van der Waals surface area contributed by atoms with Gasteiger partial charge in [-0.25, -0.2) is 9.18 Å². The minimum atomic E-state index is -5.08. The number of likely N-dealkylation sites (N-methyl/N-ethyl adjacent to an activating group) is 1. The fourth-order valence-corrected chi connectivity index (χ4v) is 1.19. The Hall–Kier alpha value is -1.38. The fraction of sp³-hybridized carbons (Fsp3) is 0.778. The van der Waals surface area contributed by atoms with E-state index in [9.17, 15) is 22.4 Å². The predicted octanol–water partition coefficient (Wildman–Crippen LogP) is 0.408. The SMILES string of the molecule is CN(C)C(=O)[C@H]1C[C@H](F)CN1.O=C(O)C(F)(F)F. The van der Waals surface area contributed by atoms with E-state index in [-0.39, 0.29) is 11.9 Å². The Bertz CT molecular complexity index is 307. The van der Waals surface area contributed by atoms with Gasteiger partial charge >= 0.3 is 12.1 Å². The van der Waals surface area contributed by atoms with Gasteiger partial charge in [0.2, 0.25) is 5.91 Å². The van der Waals surface area contributed by atoms with Crippen molar-refractivity contribution in [3.05, 3.63) is 0 Å². The smallest absolute Gasteiger partial charge is 0.475 e. The van der Waals surface area contributed by atoms with Gasteiger partial charge in [-0.3, -0.25) is 4.79 Å². The molecule has 1 fully saturated rings. The Morgan fingerprint density at radius 1 is 1.33 bits per heavy atom. The van der Waals surface area contributed by atoms with Crippen LogP contribution >= 0.6 is 0 Å². The molecule has 0 aliphatic carbocycles. The first kappa shape index (κ1) is 16.6. The minimum absolute atomic E-state index is 0.0369. The number of carbonyl (C=O) groups excluding carboxylic acids is 1. The molecule has 5 nitrogen and oxygen atoms in total. The lowest BCUT2D eigenvalue weighted by Crippen LogP contribution is -2.39. The number of carboxylic acid groups (broad SMARTS) is 1. The Labute approximate surface area is 101 Å². The summed E-state index contributed by atoms with van der Waals surface area (Å²) in [5, 5.41) is 9.95. The second-order valence-corrected chi connectivity index (χ2v) is 3.83. The minimum Gasteiger partial charge on any atom is -0.475 e. The van der Waals surface area contributed by atoms with Crippen molar-refractivity contribution in [2.75, 3.05) is 20.6 Å². The molecule has 0 radical (unpaired) electrons. The molecule has 2 N–H and O–H groups in total. The summed E-state index contributed by atoms with van der Waals surface area (Å²) < 4.78 is 44.3. The van der Waals surface area contributed by atoms with E-state index in [2.05, 4.69) is 5.32 Å². The number of halogens is 4. The summed E-state index contributed by atoms with van der Waals surface area (Å²) in [7, 11) is 3.35. The number of carbonyl (C=O) groups is 2. The van der Waals surface area contributed by atoms with E-state index < -0.39 is 18.3 Å². The highest BCUT2D eigenvalue weighted by molar-refractivity contribution is 5.81. The summed E-state index contributed by atoms with van der Waals surface area (Å²) in [5.41, 5.74) is 0. The lowest BCUT2D eigenvalue weighted by atomic mass is 10.2. The summed E-state index contributed by atoms with van der Waals surface area (Å²) in [6.45, 7) is 0.310. The number of alkyl halides is 4. The van der Waals surface area contributed by atoms with Crippen LogP contribution in [0, 0.1) is 0 Å². The molecule has 106 valence electrons. The van der Waals surface area contributed by atoms with Crippen molar-refractivity contribution in [3.8, 4) is 0 Å². The molecule has 9 heteroatoms. The van der Waals surface area contributed by atoms with Crippen LogP contribution in [0.1, 0.15) is 6.42 Å². The van der Waals surface area contributed by atoms with Crippen molar-refractivity contribution in [2.24, 2.45) is 0 Å². The van der Waals surface area contributed by atoms with Gasteiger partial charge in [-0.2, -0.15) is 13.2 Å². The molecule has 1 heterocycles. The molecule has 0 aromatic rings. The highest BCUT2D eigenvalue weighted by Crippen LogP contribution is 2.13. The van der Waals surface area contributed by atoms with Crippen molar-refractivity contribution in [3.63, 3.8) is 0 Å². The lowest BCUT2D eigenvalue weighted by Gasteiger charge is -2.15. The molecule has 0 aromatic heterocycles. The normalized spacial score (nSPS) is 23.0. The topological polar surface area (TPSA) is 69.6 Å². The number of amides is 1. The first-order valence-electron chi connectivity index (χ1n) is 4.94. The van der Waals surface area contributed by atoms with Crippen molar-refractivity contribution in [1.29, 1.82) is 0 Å². The van der Waals surface area contributed by atoms with E-state index in [1.807, 2.05) is 0 Å². The molecule has 1 aliphatic heterocycles. The average Bonchev–Trinajstić information content (AvgIpc) is 2.63. The fourth-order valence-electron chi connectivity index (χ4n) is 1.19. The van der Waals surface area contributed by atoms with Crippen LogP contribution in [-0.4, -0.2) is 60.9 Å². The molecular formula is C9H14F4N2O3. The summed E-state index contributed by atoms with van der Waals surface area (Å²) in [4.78, 5) is 21.6. The van der Waals surface area contributed by atoms with E-state index in [4.69, 9.17) is 9.90 Å². The number of rotatable bonds is 1. The first-order valence-corrected chi connectivity index (χ1v) is 4.94. The van der Waals surface area contributed by atoms with Gasteiger partial charge in [-0.05, 0) is 0 Å². The summed E-state index contributed by atoms with van der Waals surface area (Å²) in [6, 6.07) is -0.306. The molecule has 1 amide bonds. The largest absolute Gasteiger partial charge is 0.490 e. The second kappa shape index (κ2) is 6.53. The molecule has 0 saturated carbocycles. The molecule has 0 unspecified atom stereocenters. The second-order valence-electron chi connectivity index (χ2n) is 3.83. The molecule has 0 spiro atoms. The third kappa shape index (κ3) is 5.80. The zero-order valence-corrected chi connectivity index (χ0v) is 9.79. The van der Waals surface area contributed by atoms with Crippen molar-refractivity contribution in [1.82, 2.24) is 10.2 Å². The van der Waals surface area contributed by atoms with Gasteiger partial charge in [0.25, 0.3) is 0 Å². The number of aliphatic carboxylic acids is 1. The van der Waals surface area contributed by atoms with Crippen molar-refractivity contribution >= 4 is 11.9 Å². The van der Waals surface area contributed by atoms with Crippen LogP contribution in [0.25, 0.3) is 0 Å². The summed E-state index contributed by atoms with van der Waals surface area (Å²) in [6.07, 6.45) is -5.62. The zero-order valence-electron chi connectivity index (χ0n) is 9.79. The van der Waals surface area contributed by atoms with Gasteiger partial charge in [-0.1, -0.05) is 0 Å². The Morgan fingerprint density at radius 3 is 2.00 bits per heavy atom. The number of carboxylic acids is 1. The van der Waals surface area contributed by atoms with Crippen LogP contribution in [0.3, 0.4) is 0 Å². The van der Waals surface area contributed by atoms with E-state index in [1.165, 1.54) is 4.90 Å². The lowest BCUT2D eigenvalue weighted by molar-refractivity contribution is -0.192. The van der Waals surface area contributed by atoms with Crippen LogP contribution in [0.2, 0.25) is 0 Å². The van der Waals surface area contributed by atoms with Gasteiger partial charge in [0.1, 0.15) is 6.17 Å². The van der Waals surface area contributed by atoms with Crippen LogP contribution in [0.15, 0.2) is 0 Å². The molecule has 18 heavy (non-hydrogen) atoms. The maximum Gasteiger partial charge on any atom is 0.490 e. The number of nitrogens with zero attached hydrogens (tertiary/aromatic N) is 1. The van der Waals surface area contributed by atoms with Gasteiger partial charge in [0, 0.05) is 27.1 Å². The quantitative estimate of drug-likeness (QED) is 0.679. The molecule has 1 rings (SSSR count). The van der Waals surface area contributed by atoms with Gasteiger partial charge in [0.15, 0.2) is 0 Å². The standard InChI is InChI=1S/C7H13FN2O.C2HF3O2/c1-10(2)7(11)6-3-5(8)4-9-6;3-2(4,5)1(6)7/h5-6,9H,3-4H2,1-2H3;(H,6,7)/t5-,6+;/m0./s1. The monoisotopic (exact) mass is 274 g/mol. The van der Waals surface area contributed by atoms with Crippen molar-refractivity contribution in [2.45, 2.75) is 24.8 Å². The summed E-state index contributed by atoms with van der Waals surface area (Å²) >= 11 is 0. The van der Waals surface area contributed by atoms with Crippen molar-refractivity contribution < 1.29 is 32.3 Å². The molecule has 0 aromatic carbocycles. The Morgan fingerprint density at radius 2 is 1.78 bits per heavy atom. The van der Waals surface area contributed by atoms with Gasteiger partial charge < -0.3 is 15.3 Å². The first-order chi connectivity index (χ1) is 8.05. The van der Waals surface area contributed by atoms with E-state index in [0.29, 0.717) is 13.0 Å². The molecule has 1 aliphatic rings. The zero-order chi connectivity index (χ0) is 14.5. The van der Waals surface area contributed by atoms with Crippen LogP contribution < -0.4 is 5.32 Å². The number of nitrogens with one attached hydrogen (secondary N) is 1. The third-order valence-electron chi connectivity index (χ3n) is 2.06. The molecule has 0 bridgehead atoms. The summed E-state index contributed by atoms with van der Waals surface area (Å²) in [5.74, 6) is -2.79. The van der Waals surface area contributed by atoms with Crippen LogP contribution in [-0.2, 0) is 9.59 Å². The van der Waals surface area contributed by atoms with Gasteiger partial charge in [0.05, 0.1) is 6.04 Å². The maximum absolute atomic E-state index is 12.6. The van der Waals surface area contributed by atoms with E-state index >= 15 is 0 Å². The predicted molar refractivity (Wildman–Crippen MR) is 53.7 cm³/mol. The van der Waals surface area contributed by atoms with Crippen LogP contribution in [0.4, 0.5) is 17.6 Å². The highest BCUT2D eigenvalue weighted by Gasteiger charge is 2.38. The molecule has 1 saturated heterocycles. The van der Waals surface area contributed by atoms with E-state index in [1.54, 1.807) is 14.1 Å². The average molecular weight is 274 g/mol.